The number of aromatic nitrogens is 2. The van der Waals surface area contributed by atoms with E-state index in [4.69, 9.17) is 20.8 Å². The van der Waals surface area contributed by atoms with E-state index >= 15 is 0 Å². The molecule has 1 aliphatic heterocycles. The van der Waals surface area contributed by atoms with Crippen molar-refractivity contribution in [3.8, 4) is 11.5 Å². The van der Waals surface area contributed by atoms with E-state index in [1.807, 2.05) is 49.4 Å². The molecule has 5 nitrogen and oxygen atoms in total. The molecule has 0 radical (unpaired) electrons. The van der Waals surface area contributed by atoms with Crippen LogP contribution in [-0.4, -0.2) is 46.7 Å². The lowest BCUT2D eigenvalue weighted by molar-refractivity contribution is -0.0187. The van der Waals surface area contributed by atoms with Crippen molar-refractivity contribution < 1.29 is 9.15 Å². The van der Waals surface area contributed by atoms with Gasteiger partial charge in [0, 0.05) is 36.0 Å². The predicted octanol–water partition coefficient (Wildman–Crippen LogP) is 4.69. The largest absolute Gasteiger partial charge is 0.411 e. The standard InChI is InChI=1S/C21H22ClN3O2S/c1-15-5-4-7-16(11-15)20-23-24-21(27-20)28-14-18-13-25(9-10-26-18)12-17-6-2-3-8-19(17)22/h2-8,11,18H,9-10,12-14H2,1H3/t18-/m1/s1. The number of ether oxygens (including phenoxy) is 1. The van der Waals surface area contributed by atoms with Gasteiger partial charge in [0.1, 0.15) is 0 Å². The molecular formula is C21H22ClN3O2S. The minimum absolute atomic E-state index is 0.121. The third-order valence-corrected chi connectivity index (χ3v) is 5.96. The highest BCUT2D eigenvalue weighted by Gasteiger charge is 2.22. The first-order valence-corrected chi connectivity index (χ1v) is 10.6. The molecule has 1 aromatic heterocycles. The van der Waals surface area contributed by atoms with Crippen molar-refractivity contribution in [3.05, 3.63) is 64.7 Å². The lowest BCUT2D eigenvalue weighted by Crippen LogP contribution is -2.43. The van der Waals surface area contributed by atoms with Gasteiger partial charge in [0.15, 0.2) is 0 Å². The zero-order chi connectivity index (χ0) is 19.3. The molecule has 1 saturated heterocycles. The van der Waals surface area contributed by atoms with Crippen molar-refractivity contribution in [1.29, 1.82) is 0 Å². The molecule has 0 spiro atoms. The smallest absolute Gasteiger partial charge is 0.276 e. The quantitative estimate of drug-likeness (QED) is 0.544. The van der Waals surface area contributed by atoms with E-state index in [-0.39, 0.29) is 6.10 Å². The van der Waals surface area contributed by atoms with E-state index in [0.717, 1.165) is 41.5 Å². The lowest BCUT2D eigenvalue weighted by Gasteiger charge is -2.32. The summed E-state index contributed by atoms with van der Waals surface area (Å²) in [5.41, 5.74) is 3.26. The topological polar surface area (TPSA) is 51.4 Å². The zero-order valence-corrected chi connectivity index (χ0v) is 17.2. The number of thioether (sulfide) groups is 1. The Kier molecular flexibility index (Phi) is 6.32. The number of rotatable bonds is 6. The maximum absolute atomic E-state index is 6.29. The first kappa shape index (κ1) is 19.5. The van der Waals surface area contributed by atoms with Gasteiger partial charge in [0.25, 0.3) is 5.22 Å². The fourth-order valence-electron chi connectivity index (χ4n) is 3.22. The molecule has 0 unspecified atom stereocenters. The lowest BCUT2D eigenvalue weighted by atomic mass is 10.1. The Bertz CT molecular complexity index is 933. The number of benzene rings is 2. The van der Waals surface area contributed by atoms with E-state index < -0.39 is 0 Å². The molecule has 0 aliphatic carbocycles. The van der Waals surface area contributed by atoms with E-state index in [0.29, 0.717) is 17.7 Å². The summed E-state index contributed by atoms with van der Waals surface area (Å²) in [6.07, 6.45) is 0.121. The fraction of sp³-hybridized carbons (Fsp3) is 0.333. The molecule has 146 valence electrons. The van der Waals surface area contributed by atoms with Gasteiger partial charge in [0.05, 0.1) is 12.7 Å². The predicted molar refractivity (Wildman–Crippen MR) is 112 cm³/mol. The first-order valence-electron chi connectivity index (χ1n) is 9.28. The normalized spacial score (nSPS) is 17.7. The second kappa shape index (κ2) is 9.09. The molecule has 1 fully saturated rings. The number of aryl methyl sites for hydroxylation is 1. The monoisotopic (exact) mass is 415 g/mol. The van der Waals surface area contributed by atoms with Gasteiger partial charge in [-0.3, -0.25) is 4.90 Å². The van der Waals surface area contributed by atoms with Crippen molar-refractivity contribution in [3.63, 3.8) is 0 Å². The highest BCUT2D eigenvalue weighted by molar-refractivity contribution is 7.99. The molecule has 3 aromatic rings. The summed E-state index contributed by atoms with van der Waals surface area (Å²) < 4.78 is 11.7. The Hall–Kier alpha value is -1.86. The SMILES string of the molecule is Cc1cccc(-c2nnc(SC[C@H]3CN(Cc4ccccc4Cl)CCO3)o2)c1. The molecule has 1 atom stereocenters. The van der Waals surface area contributed by atoms with E-state index in [9.17, 15) is 0 Å². The Morgan fingerprint density at radius 1 is 1.18 bits per heavy atom. The average molecular weight is 416 g/mol. The van der Waals surface area contributed by atoms with Crippen molar-refractivity contribution >= 4 is 23.4 Å². The molecular weight excluding hydrogens is 394 g/mol. The minimum atomic E-state index is 0.121. The van der Waals surface area contributed by atoms with Gasteiger partial charge in [-0.05, 0) is 30.7 Å². The van der Waals surface area contributed by atoms with Gasteiger partial charge in [-0.15, -0.1) is 10.2 Å². The minimum Gasteiger partial charge on any atom is -0.411 e. The fourth-order valence-corrected chi connectivity index (χ4v) is 4.18. The van der Waals surface area contributed by atoms with Crippen LogP contribution in [0.1, 0.15) is 11.1 Å². The molecule has 0 N–H and O–H groups in total. The van der Waals surface area contributed by atoms with Crippen LogP contribution in [0.15, 0.2) is 58.2 Å². The number of halogens is 1. The molecule has 7 heteroatoms. The van der Waals surface area contributed by atoms with Crippen LogP contribution in [0.4, 0.5) is 0 Å². The van der Waals surface area contributed by atoms with E-state index in [1.165, 1.54) is 5.56 Å². The molecule has 0 saturated carbocycles. The van der Waals surface area contributed by atoms with Crippen molar-refractivity contribution in [2.24, 2.45) is 0 Å². The van der Waals surface area contributed by atoms with Crippen LogP contribution in [0.2, 0.25) is 5.02 Å². The molecule has 4 rings (SSSR count). The average Bonchev–Trinajstić information content (AvgIpc) is 3.18. The summed E-state index contributed by atoms with van der Waals surface area (Å²) in [5, 5.41) is 9.72. The summed E-state index contributed by atoms with van der Waals surface area (Å²) in [7, 11) is 0. The number of hydrogen-bond donors (Lipinski definition) is 0. The van der Waals surface area contributed by atoms with Gasteiger partial charge in [-0.1, -0.05) is 59.3 Å². The van der Waals surface area contributed by atoms with Crippen molar-refractivity contribution in [2.45, 2.75) is 24.8 Å². The van der Waals surface area contributed by atoms with Gasteiger partial charge >= 0.3 is 0 Å². The first-order chi connectivity index (χ1) is 13.7. The van der Waals surface area contributed by atoms with E-state index in [1.54, 1.807) is 11.8 Å². The summed E-state index contributed by atoms with van der Waals surface area (Å²) >= 11 is 7.83. The number of nitrogens with zero attached hydrogens (tertiary/aromatic N) is 3. The molecule has 2 aromatic carbocycles. The highest BCUT2D eigenvalue weighted by atomic mass is 35.5. The Morgan fingerprint density at radius 3 is 2.93 bits per heavy atom. The summed E-state index contributed by atoms with van der Waals surface area (Å²) in [6.45, 7) is 5.36. The maximum atomic E-state index is 6.29. The van der Waals surface area contributed by atoms with Crippen LogP contribution in [0.3, 0.4) is 0 Å². The Balaban J connectivity index is 1.32. The highest BCUT2D eigenvalue weighted by Crippen LogP contribution is 2.26. The van der Waals surface area contributed by atoms with Crippen LogP contribution >= 0.6 is 23.4 Å². The van der Waals surface area contributed by atoms with Crippen LogP contribution in [0.5, 0.6) is 0 Å². The second-order valence-corrected chi connectivity index (χ2v) is 8.25. The van der Waals surface area contributed by atoms with Crippen molar-refractivity contribution in [2.75, 3.05) is 25.4 Å². The third-order valence-electron chi connectivity index (χ3n) is 4.64. The van der Waals surface area contributed by atoms with E-state index in [2.05, 4.69) is 21.2 Å². The van der Waals surface area contributed by atoms with Crippen LogP contribution in [-0.2, 0) is 11.3 Å². The Labute approximate surface area is 174 Å². The van der Waals surface area contributed by atoms with Gasteiger partial charge < -0.3 is 9.15 Å². The summed E-state index contributed by atoms with van der Waals surface area (Å²) in [6, 6.07) is 16.1. The Morgan fingerprint density at radius 2 is 2.07 bits per heavy atom. The van der Waals surface area contributed by atoms with Gasteiger partial charge in [0.2, 0.25) is 5.89 Å². The maximum Gasteiger partial charge on any atom is 0.276 e. The molecule has 28 heavy (non-hydrogen) atoms. The van der Waals surface area contributed by atoms with Crippen LogP contribution in [0.25, 0.3) is 11.5 Å². The van der Waals surface area contributed by atoms with Gasteiger partial charge in [-0.25, -0.2) is 0 Å². The zero-order valence-electron chi connectivity index (χ0n) is 15.7. The van der Waals surface area contributed by atoms with Crippen LogP contribution in [0, 0.1) is 6.92 Å². The molecule has 1 aliphatic rings. The molecule has 0 amide bonds. The molecule has 2 heterocycles. The molecule has 0 bridgehead atoms. The second-order valence-electron chi connectivity index (χ2n) is 6.87. The van der Waals surface area contributed by atoms with Gasteiger partial charge in [-0.2, -0.15) is 0 Å². The summed E-state index contributed by atoms with van der Waals surface area (Å²) in [5.74, 6) is 1.32. The van der Waals surface area contributed by atoms with Crippen molar-refractivity contribution in [1.82, 2.24) is 15.1 Å². The van der Waals surface area contributed by atoms with Crippen LogP contribution < -0.4 is 0 Å². The number of morpholine rings is 1. The summed E-state index contributed by atoms with van der Waals surface area (Å²) in [4.78, 5) is 2.38. The third kappa shape index (κ3) is 4.94. The number of hydrogen-bond acceptors (Lipinski definition) is 6.